The van der Waals surface area contributed by atoms with Gasteiger partial charge in [-0.2, -0.15) is 16.8 Å². The summed E-state index contributed by atoms with van der Waals surface area (Å²) in [6.45, 7) is 23.0. The van der Waals surface area contributed by atoms with Gasteiger partial charge in [0.2, 0.25) is 0 Å². The highest BCUT2D eigenvalue weighted by atomic mass is 32.3. The molecule has 11 saturated heterocycles. The molecule has 0 aliphatic carbocycles. The molecule has 24 heteroatoms. The standard InChI is InChI=1S/C56H84O22S2/c1-10-31(57)28(2)12-16-52(5,59)51-30(4)20-40-39(73-51)26-47-56(9,76-40)50(58)49-43(72-47)24-42-48(74-49)29(3)13-17-54(7)45(71-42)27-44-55(8,78-54)18-14-32-33(70-44)21-35-34(67-32)22-36-37(68-35)23-41-38(69-36)25-46(77-80(63,64)65)53(6,75-41)15-11-19-66-79(60,61)62/h10,12,16,29,31-51,57-59H,1-2,4,11,13-15,17-27H2,3,5-9H3,(H,60,61,62)(H,63,64,65)/b16-12+/t29-,31?,32?,33?,34?,35?,36?,37?,38?,39?,40?,41?,42?,43?,44?,45?,46?,47?,48?,49?,50?,51?,52+,53+,54-,55+,56-/m0/s1. The molecule has 21 unspecified atom stereocenters. The van der Waals surface area contributed by atoms with E-state index >= 15 is 0 Å². The van der Waals surface area contributed by atoms with E-state index in [-0.39, 0.29) is 74.5 Å². The molecule has 0 bridgehead atoms. The molecule has 0 aromatic carbocycles. The second-order valence-electron chi connectivity index (χ2n) is 26.0. The summed E-state index contributed by atoms with van der Waals surface area (Å²) >= 11 is 0. The SMILES string of the molecule is C=CC(O)C(=C)/C=C/[C@@](C)(O)C1OC2CC3OC4CC5OC6CC7OC8CC9OC%10CC%11O[C@](C)(CCCOS(=O)(=O)O)C(OS(=O)(=O)O)CC%11OC%10CC9OC8CC[C@@]7(C)O[C@@]6(C)CC[C@H](C)C5OC4C(O)[C@@]3(C)OC2CC1=C. The van der Waals surface area contributed by atoms with Gasteiger partial charge in [-0.25, -0.2) is 8.37 Å². The molecule has 0 aromatic heterocycles. The molecule has 0 aromatic rings. The van der Waals surface area contributed by atoms with E-state index < -0.39 is 134 Å². The lowest BCUT2D eigenvalue weighted by atomic mass is 9.73. The Morgan fingerprint density at radius 3 is 1.93 bits per heavy atom. The van der Waals surface area contributed by atoms with E-state index in [2.05, 4.69) is 44.7 Å². The number of hydrogen-bond donors (Lipinski definition) is 5. The molecule has 11 aliphatic heterocycles. The highest BCUT2D eigenvalue weighted by Crippen LogP contribution is 2.54. The molecule has 80 heavy (non-hydrogen) atoms. The third kappa shape index (κ3) is 11.6. The van der Waals surface area contributed by atoms with Crippen molar-refractivity contribution in [1.82, 2.24) is 0 Å². The van der Waals surface area contributed by atoms with Gasteiger partial charge >= 0.3 is 20.8 Å². The molecule has 27 atom stereocenters. The molecule has 5 N–H and O–H groups in total. The Morgan fingerprint density at radius 1 is 0.713 bits per heavy atom. The molecular formula is C56H84O22S2. The first-order valence-electron chi connectivity index (χ1n) is 28.8. The summed E-state index contributed by atoms with van der Waals surface area (Å²) < 4.78 is 151. The Balaban J connectivity index is 0.744. The molecule has 11 rings (SSSR count). The first-order chi connectivity index (χ1) is 37.4. The normalized spacial score (nSPS) is 50.4. The first kappa shape index (κ1) is 59.9. The molecule has 22 nitrogen and oxygen atoms in total. The van der Waals surface area contributed by atoms with Gasteiger partial charge in [0.25, 0.3) is 0 Å². The van der Waals surface area contributed by atoms with Gasteiger partial charge in [-0.1, -0.05) is 38.3 Å². The van der Waals surface area contributed by atoms with Crippen LogP contribution in [0.1, 0.15) is 131 Å². The van der Waals surface area contributed by atoms with Gasteiger partial charge in [0.1, 0.15) is 35.6 Å². The molecule has 0 amide bonds. The number of hydrogen-bond acceptors (Lipinski definition) is 20. The summed E-state index contributed by atoms with van der Waals surface area (Å²) in [5.41, 5.74) is -4.23. The summed E-state index contributed by atoms with van der Waals surface area (Å²) in [5.74, 6) is 0.0538. The Bertz CT molecular complexity index is 2600. The van der Waals surface area contributed by atoms with E-state index in [1.807, 2.05) is 6.92 Å². The number of rotatable bonds is 12. The van der Waals surface area contributed by atoms with Crippen LogP contribution in [0, 0.1) is 5.92 Å². The molecule has 0 radical (unpaired) electrons. The highest BCUT2D eigenvalue weighted by Gasteiger charge is 2.65. The zero-order chi connectivity index (χ0) is 57.3. The molecule has 452 valence electrons. The maximum Gasteiger partial charge on any atom is 0.397 e. The Hall–Kier alpha value is -1.86. The fourth-order valence-corrected chi connectivity index (χ4v) is 16.4. The molecule has 11 fully saturated rings. The van der Waals surface area contributed by atoms with Crippen molar-refractivity contribution in [1.29, 1.82) is 0 Å². The van der Waals surface area contributed by atoms with Gasteiger partial charge < -0.3 is 67.4 Å². The van der Waals surface area contributed by atoms with Crippen molar-refractivity contribution in [3.8, 4) is 0 Å². The van der Waals surface area contributed by atoms with E-state index in [9.17, 15) is 36.7 Å². The minimum atomic E-state index is -4.91. The number of aliphatic hydroxyl groups is 3. The van der Waals surface area contributed by atoms with Gasteiger partial charge in [-0.05, 0) is 96.6 Å². The minimum absolute atomic E-state index is 0.0538. The van der Waals surface area contributed by atoms with Gasteiger partial charge in [0.15, 0.2) is 0 Å². The molecule has 0 saturated carbocycles. The summed E-state index contributed by atoms with van der Waals surface area (Å²) in [6, 6.07) is 0. The lowest BCUT2D eigenvalue weighted by Crippen LogP contribution is -2.74. The van der Waals surface area contributed by atoms with E-state index in [4.69, 9.17) is 60.8 Å². The molecule has 11 aliphatic rings. The first-order valence-corrected chi connectivity index (χ1v) is 31.5. The number of ether oxygens (including phenoxy) is 11. The summed E-state index contributed by atoms with van der Waals surface area (Å²) in [4.78, 5) is 0. The van der Waals surface area contributed by atoms with Crippen molar-refractivity contribution in [2.75, 3.05) is 6.61 Å². The maximum absolute atomic E-state index is 12.3. The van der Waals surface area contributed by atoms with Gasteiger partial charge in [-0.3, -0.25) is 9.11 Å². The van der Waals surface area contributed by atoms with Crippen molar-refractivity contribution < 1.29 is 102 Å². The van der Waals surface area contributed by atoms with Crippen LogP contribution in [0.2, 0.25) is 0 Å². The highest BCUT2D eigenvalue weighted by molar-refractivity contribution is 7.81. The van der Waals surface area contributed by atoms with E-state index in [0.717, 1.165) is 6.42 Å². The largest absolute Gasteiger partial charge is 0.397 e. The summed E-state index contributed by atoms with van der Waals surface area (Å²) in [5, 5.41) is 34.1. The van der Waals surface area contributed by atoms with Crippen LogP contribution in [0.5, 0.6) is 0 Å². The fourth-order valence-electron chi connectivity index (χ4n) is 15.5. The van der Waals surface area contributed by atoms with Crippen molar-refractivity contribution in [3.63, 3.8) is 0 Å². The fraction of sp³-hybridized carbons (Fsp3) is 0.857. The second-order valence-corrected chi connectivity index (χ2v) is 28.1. The average Bonchev–Trinajstić information content (AvgIpc) is 3.51. The zero-order valence-corrected chi connectivity index (χ0v) is 48.3. The number of fused-ring (bicyclic) bond motifs is 10. The van der Waals surface area contributed by atoms with E-state index in [1.165, 1.54) is 6.08 Å². The molecule has 11 heterocycles. The number of aliphatic hydroxyl groups excluding tert-OH is 2. The Labute approximate surface area is 470 Å². The average molecular weight is 1170 g/mol. The summed E-state index contributed by atoms with van der Waals surface area (Å²) in [7, 11) is -9.60. The van der Waals surface area contributed by atoms with Crippen LogP contribution in [0.15, 0.2) is 49.1 Å². The lowest BCUT2D eigenvalue weighted by molar-refractivity contribution is -0.369. The predicted molar refractivity (Wildman–Crippen MR) is 282 cm³/mol. The van der Waals surface area contributed by atoms with E-state index in [1.54, 1.807) is 26.0 Å². The van der Waals surface area contributed by atoms with Crippen molar-refractivity contribution in [2.24, 2.45) is 5.92 Å². The third-order valence-electron chi connectivity index (χ3n) is 20.0. The predicted octanol–water partition coefficient (Wildman–Crippen LogP) is 4.42. The monoisotopic (exact) mass is 1170 g/mol. The van der Waals surface area contributed by atoms with Crippen LogP contribution in [-0.4, -0.2) is 204 Å². The van der Waals surface area contributed by atoms with Gasteiger partial charge in [0.05, 0.1) is 127 Å². The molecule has 0 spiro atoms. The van der Waals surface area contributed by atoms with Crippen molar-refractivity contribution in [2.45, 2.75) is 288 Å². The van der Waals surface area contributed by atoms with Crippen molar-refractivity contribution in [3.05, 3.63) is 49.1 Å². The summed E-state index contributed by atoms with van der Waals surface area (Å²) in [6.07, 6.45) is -0.374. The van der Waals surface area contributed by atoms with Crippen LogP contribution in [-0.2, 0) is 81.3 Å². The lowest BCUT2D eigenvalue weighted by Gasteiger charge is -2.61. The third-order valence-corrected chi connectivity index (χ3v) is 21.0. The Kier molecular flexibility index (Phi) is 16.3. The molecular weight excluding hydrogens is 1090 g/mol. The topological polar surface area (TPSA) is 289 Å². The van der Waals surface area contributed by atoms with Crippen LogP contribution >= 0.6 is 0 Å². The maximum atomic E-state index is 12.3. The van der Waals surface area contributed by atoms with Crippen LogP contribution in [0.25, 0.3) is 0 Å². The van der Waals surface area contributed by atoms with Crippen molar-refractivity contribution >= 4 is 20.8 Å². The van der Waals surface area contributed by atoms with Gasteiger partial charge in [0, 0.05) is 44.9 Å². The zero-order valence-electron chi connectivity index (χ0n) is 46.7. The van der Waals surface area contributed by atoms with Crippen LogP contribution in [0.4, 0.5) is 0 Å². The van der Waals surface area contributed by atoms with Gasteiger partial charge in [-0.15, -0.1) is 6.58 Å². The quantitative estimate of drug-likeness (QED) is 0.0782. The smallest absolute Gasteiger partial charge is 0.387 e. The van der Waals surface area contributed by atoms with Crippen LogP contribution < -0.4 is 0 Å². The van der Waals surface area contributed by atoms with Crippen LogP contribution in [0.3, 0.4) is 0 Å². The Morgan fingerprint density at radius 2 is 1.27 bits per heavy atom. The minimum Gasteiger partial charge on any atom is -0.387 e. The van der Waals surface area contributed by atoms with E-state index in [0.29, 0.717) is 75.4 Å². The second kappa shape index (κ2) is 21.8.